The quantitative estimate of drug-likeness (QED) is 0.858. The van der Waals surface area contributed by atoms with Gasteiger partial charge in [-0.15, -0.1) is 11.3 Å². The second-order valence-electron chi connectivity index (χ2n) is 4.66. The fourth-order valence-corrected chi connectivity index (χ4v) is 3.23. The van der Waals surface area contributed by atoms with Crippen molar-refractivity contribution in [3.05, 3.63) is 15.6 Å². The number of hydrogen-bond donors (Lipinski definition) is 2. The Balaban J connectivity index is 1.90. The fourth-order valence-electron chi connectivity index (χ4n) is 2.35. The number of carbonyl (C=O) groups is 1. The largest absolute Gasteiger partial charge is 0.351 e. The molecule has 5 heteroatoms. The van der Waals surface area contributed by atoms with Crippen molar-refractivity contribution in [3.8, 4) is 0 Å². The van der Waals surface area contributed by atoms with Crippen LogP contribution in [0.4, 0.5) is 0 Å². The van der Waals surface area contributed by atoms with Gasteiger partial charge in [0.2, 0.25) is 5.91 Å². The molecular weight excluding hydrogens is 234 g/mol. The molecule has 3 N–H and O–H groups in total. The van der Waals surface area contributed by atoms with E-state index in [2.05, 4.69) is 10.3 Å². The van der Waals surface area contributed by atoms with Gasteiger partial charge in [-0.25, -0.2) is 4.98 Å². The van der Waals surface area contributed by atoms with Crippen molar-refractivity contribution >= 4 is 17.2 Å². The van der Waals surface area contributed by atoms with Crippen molar-refractivity contribution in [3.63, 3.8) is 0 Å². The maximum atomic E-state index is 11.9. The Labute approximate surface area is 106 Å². The third kappa shape index (κ3) is 2.84. The number of nitrogens with one attached hydrogen (secondary N) is 1. The first-order valence-corrected chi connectivity index (χ1v) is 6.86. The lowest BCUT2D eigenvalue weighted by atomic mass is 10.0. The van der Waals surface area contributed by atoms with Crippen LogP contribution in [0.25, 0.3) is 0 Å². The van der Waals surface area contributed by atoms with E-state index >= 15 is 0 Å². The van der Waals surface area contributed by atoms with E-state index in [1.807, 2.05) is 13.8 Å². The minimum Gasteiger partial charge on any atom is -0.351 e. The standard InChI is InChI=1S/C12H19N3OS/c1-7-11(17-8(2)15-7)6-14-12(16)9-4-3-5-10(9)13/h9-10H,3-6,13H2,1-2H3,(H,14,16). The van der Waals surface area contributed by atoms with Gasteiger partial charge in [0.05, 0.1) is 23.2 Å². The molecule has 94 valence electrons. The maximum absolute atomic E-state index is 11.9. The Morgan fingerprint density at radius 3 is 2.82 bits per heavy atom. The Bertz CT molecular complexity index is 416. The summed E-state index contributed by atoms with van der Waals surface area (Å²) < 4.78 is 0. The van der Waals surface area contributed by atoms with Crippen molar-refractivity contribution in [2.75, 3.05) is 0 Å². The Morgan fingerprint density at radius 1 is 1.53 bits per heavy atom. The van der Waals surface area contributed by atoms with Gasteiger partial charge in [0.1, 0.15) is 0 Å². The van der Waals surface area contributed by atoms with Crippen LogP contribution in [0.3, 0.4) is 0 Å². The summed E-state index contributed by atoms with van der Waals surface area (Å²) >= 11 is 1.64. The molecule has 0 spiro atoms. The molecule has 1 saturated carbocycles. The highest BCUT2D eigenvalue weighted by Gasteiger charge is 2.29. The van der Waals surface area contributed by atoms with Gasteiger partial charge >= 0.3 is 0 Å². The van der Waals surface area contributed by atoms with Crippen molar-refractivity contribution in [2.24, 2.45) is 11.7 Å². The summed E-state index contributed by atoms with van der Waals surface area (Å²) in [7, 11) is 0. The third-order valence-electron chi connectivity index (χ3n) is 3.33. The molecule has 0 radical (unpaired) electrons. The number of aromatic nitrogens is 1. The second-order valence-corrected chi connectivity index (χ2v) is 5.95. The number of thiazole rings is 1. The summed E-state index contributed by atoms with van der Waals surface area (Å²) in [5, 5.41) is 4.02. The van der Waals surface area contributed by atoms with Crippen molar-refractivity contribution in [1.82, 2.24) is 10.3 Å². The van der Waals surface area contributed by atoms with Crippen molar-refractivity contribution in [2.45, 2.75) is 45.7 Å². The van der Waals surface area contributed by atoms with E-state index in [-0.39, 0.29) is 17.9 Å². The predicted octanol–water partition coefficient (Wildman–Crippen LogP) is 1.50. The fraction of sp³-hybridized carbons (Fsp3) is 0.667. The van der Waals surface area contributed by atoms with E-state index in [9.17, 15) is 4.79 Å². The van der Waals surface area contributed by atoms with Crippen molar-refractivity contribution < 1.29 is 4.79 Å². The van der Waals surface area contributed by atoms with Crippen LogP contribution in [0, 0.1) is 19.8 Å². The highest BCUT2D eigenvalue weighted by Crippen LogP contribution is 2.24. The Hall–Kier alpha value is -0.940. The van der Waals surface area contributed by atoms with E-state index in [1.54, 1.807) is 11.3 Å². The van der Waals surface area contributed by atoms with Crippen LogP contribution in [0.2, 0.25) is 0 Å². The first kappa shape index (κ1) is 12.5. The highest BCUT2D eigenvalue weighted by molar-refractivity contribution is 7.11. The van der Waals surface area contributed by atoms with Crippen LogP contribution in [0.1, 0.15) is 34.8 Å². The number of nitrogens with zero attached hydrogens (tertiary/aromatic N) is 1. The number of hydrogen-bond acceptors (Lipinski definition) is 4. The summed E-state index contributed by atoms with van der Waals surface area (Å²) in [4.78, 5) is 17.4. The van der Waals surface area contributed by atoms with Crippen LogP contribution in [0.15, 0.2) is 0 Å². The van der Waals surface area contributed by atoms with Crippen LogP contribution >= 0.6 is 11.3 Å². The minimum atomic E-state index is 0.00400. The summed E-state index contributed by atoms with van der Waals surface area (Å²) in [5.74, 6) is 0.102. The smallest absolute Gasteiger partial charge is 0.224 e. The molecule has 0 aromatic carbocycles. The number of carbonyl (C=O) groups excluding carboxylic acids is 1. The zero-order valence-electron chi connectivity index (χ0n) is 10.3. The lowest BCUT2D eigenvalue weighted by molar-refractivity contribution is -0.125. The zero-order chi connectivity index (χ0) is 12.4. The molecule has 0 bridgehead atoms. The summed E-state index contributed by atoms with van der Waals surface area (Å²) in [6.45, 7) is 4.54. The molecule has 1 aliphatic carbocycles. The van der Waals surface area contributed by atoms with E-state index in [0.717, 1.165) is 34.8 Å². The van der Waals surface area contributed by atoms with E-state index in [0.29, 0.717) is 6.54 Å². The molecule has 0 aliphatic heterocycles. The average molecular weight is 253 g/mol. The average Bonchev–Trinajstić information content (AvgIpc) is 2.81. The first-order valence-electron chi connectivity index (χ1n) is 6.04. The van der Waals surface area contributed by atoms with Gasteiger partial charge in [-0.3, -0.25) is 4.79 Å². The van der Waals surface area contributed by atoms with Gasteiger partial charge in [0.25, 0.3) is 0 Å². The molecular formula is C12H19N3OS. The highest BCUT2D eigenvalue weighted by atomic mass is 32.1. The zero-order valence-corrected chi connectivity index (χ0v) is 11.1. The second kappa shape index (κ2) is 5.14. The molecule has 1 aliphatic rings. The SMILES string of the molecule is Cc1nc(C)c(CNC(=O)C2CCCC2N)s1. The van der Waals surface area contributed by atoms with Crippen LogP contribution in [-0.2, 0) is 11.3 Å². The normalized spacial score (nSPS) is 23.9. The predicted molar refractivity (Wildman–Crippen MR) is 68.8 cm³/mol. The molecule has 4 nitrogen and oxygen atoms in total. The van der Waals surface area contributed by atoms with Gasteiger partial charge in [0, 0.05) is 10.9 Å². The van der Waals surface area contributed by atoms with Gasteiger partial charge in [-0.1, -0.05) is 6.42 Å². The molecule has 2 unspecified atom stereocenters. The third-order valence-corrected chi connectivity index (χ3v) is 4.40. The lowest BCUT2D eigenvalue weighted by Crippen LogP contribution is -2.38. The molecule has 1 aromatic heterocycles. The molecule has 2 atom stereocenters. The molecule has 1 fully saturated rings. The summed E-state index contributed by atoms with van der Waals surface area (Å²) in [6, 6.07) is 0.0410. The first-order chi connectivity index (χ1) is 8.08. The van der Waals surface area contributed by atoms with E-state index in [4.69, 9.17) is 5.73 Å². The lowest BCUT2D eigenvalue weighted by Gasteiger charge is -2.14. The Kier molecular flexibility index (Phi) is 3.79. The van der Waals surface area contributed by atoms with Crippen LogP contribution < -0.4 is 11.1 Å². The molecule has 1 heterocycles. The van der Waals surface area contributed by atoms with Gasteiger partial charge in [-0.05, 0) is 26.7 Å². The molecule has 0 saturated heterocycles. The van der Waals surface area contributed by atoms with E-state index < -0.39 is 0 Å². The molecule has 2 rings (SSSR count). The maximum Gasteiger partial charge on any atom is 0.224 e. The molecule has 1 aromatic rings. The summed E-state index contributed by atoms with van der Waals surface area (Å²) in [6.07, 6.45) is 2.96. The number of nitrogens with two attached hydrogens (primary N) is 1. The number of amides is 1. The number of rotatable bonds is 3. The molecule has 17 heavy (non-hydrogen) atoms. The van der Waals surface area contributed by atoms with Gasteiger partial charge < -0.3 is 11.1 Å². The monoisotopic (exact) mass is 253 g/mol. The van der Waals surface area contributed by atoms with Gasteiger partial charge in [-0.2, -0.15) is 0 Å². The van der Waals surface area contributed by atoms with Crippen molar-refractivity contribution in [1.29, 1.82) is 0 Å². The minimum absolute atomic E-state index is 0.00400. The summed E-state index contributed by atoms with van der Waals surface area (Å²) in [5.41, 5.74) is 6.93. The topological polar surface area (TPSA) is 68.0 Å². The number of aryl methyl sites for hydroxylation is 2. The molecule has 1 amide bonds. The van der Waals surface area contributed by atoms with Crippen LogP contribution in [-0.4, -0.2) is 16.9 Å². The van der Waals surface area contributed by atoms with Gasteiger partial charge in [0.15, 0.2) is 0 Å². The van der Waals surface area contributed by atoms with E-state index in [1.165, 1.54) is 0 Å². The van der Waals surface area contributed by atoms with Crippen LogP contribution in [0.5, 0.6) is 0 Å². The Morgan fingerprint density at radius 2 is 2.29 bits per heavy atom.